The van der Waals surface area contributed by atoms with Gasteiger partial charge in [0.15, 0.2) is 6.61 Å². The molecule has 0 bridgehead atoms. The van der Waals surface area contributed by atoms with Gasteiger partial charge in [-0.1, -0.05) is 48.5 Å². The minimum Gasteiger partial charge on any atom is -0.452 e. The molecule has 3 amide bonds. The summed E-state index contributed by atoms with van der Waals surface area (Å²) in [5, 5.41) is 2.69. The first-order chi connectivity index (χ1) is 17.9. The smallest absolute Gasteiger partial charge is 0.338 e. The van der Waals surface area contributed by atoms with Crippen LogP contribution in [0.4, 0.5) is 11.4 Å². The summed E-state index contributed by atoms with van der Waals surface area (Å²) in [4.78, 5) is 52.6. The molecule has 0 spiro atoms. The largest absolute Gasteiger partial charge is 0.452 e. The van der Waals surface area contributed by atoms with Crippen molar-refractivity contribution in [1.82, 2.24) is 0 Å². The first-order valence-electron chi connectivity index (χ1n) is 12.5. The van der Waals surface area contributed by atoms with Gasteiger partial charge >= 0.3 is 5.97 Å². The summed E-state index contributed by atoms with van der Waals surface area (Å²) in [6, 6.07) is 23.6. The van der Waals surface area contributed by atoms with Gasteiger partial charge in [-0.2, -0.15) is 0 Å². The zero-order chi connectivity index (χ0) is 25.9. The molecule has 1 aliphatic heterocycles. The Morgan fingerprint density at radius 2 is 1.65 bits per heavy atom. The van der Waals surface area contributed by atoms with E-state index in [1.807, 2.05) is 43.3 Å². The molecule has 3 aromatic rings. The maximum atomic E-state index is 13.4. The molecular formula is C30H28N2O5. The van der Waals surface area contributed by atoms with Gasteiger partial charge in [-0.15, -0.1) is 0 Å². The van der Waals surface area contributed by atoms with Crippen LogP contribution in [0.5, 0.6) is 0 Å². The summed E-state index contributed by atoms with van der Waals surface area (Å²) in [5.74, 6) is -2.07. The lowest BCUT2D eigenvalue weighted by Crippen LogP contribution is -2.31. The standard InChI is InChI=1S/C30H28N2O5/c1-19-7-5-11-23(15-19)31-27(33)18-37-30(36)22-10-6-12-24(16-22)32-28(34)25-14-13-21(17-26(25)29(32)35)20-8-3-2-4-9-20/h2-12,15-16,21,25-26H,13-14,17-18H2,1H3,(H,31,33)/t21-,25+,26-/m0/s1. The second-order valence-corrected chi connectivity index (χ2v) is 9.69. The highest BCUT2D eigenvalue weighted by Gasteiger charge is 2.50. The molecule has 1 saturated carbocycles. The van der Waals surface area contributed by atoms with Crippen molar-refractivity contribution < 1.29 is 23.9 Å². The van der Waals surface area contributed by atoms with Gasteiger partial charge in [0.1, 0.15) is 0 Å². The molecule has 0 unspecified atom stereocenters. The normalized spacial score (nSPS) is 20.9. The summed E-state index contributed by atoms with van der Waals surface area (Å²) < 4.78 is 5.18. The summed E-state index contributed by atoms with van der Waals surface area (Å²) in [7, 11) is 0. The third-order valence-corrected chi connectivity index (χ3v) is 7.17. The lowest BCUT2D eigenvalue weighted by atomic mass is 9.73. The molecule has 37 heavy (non-hydrogen) atoms. The lowest BCUT2D eigenvalue weighted by molar-refractivity contribution is -0.122. The number of amides is 3. The summed E-state index contributed by atoms with van der Waals surface area (Å²) in [6.07, 6.45) is 2.14. The van der Waals surface area contributed by atoms with Gasteiger partial charge < -0.3 is 10.1 Å². The Morgan fingerprint density at radius 1 is 0.892 bits per heavy atom. The van der Waals surface area contributed by atoms with Crippen LogP contribution in [0.25, 0.3) is 0 Å². The first kappa shape index (κ1) is 24.4. The Labute approximate surface area is 215 Å². The number of rotatable bonds is 6. The Balaban J connectivity index is 1.24. The average Bonchev–Trinajstić information content (AvgIpc) is 3.17. The molecule has 2 aliphatic rings. The number of anilines is 2. The number of hydrogen-bond donors (Lipinski definition) is 1. The van der Waals surface area contributed by atoms with Crippen LogP contribution < -0.4 is 10.2 Å². The maximum Gasteiger partial charge on any atom is 0.338 e. The second kappa shape index (κ2) is 10.4. The molecule has 5 rings (SSSR count). The quantitative estimate of drug-likeness (QED) is 0.389. The number of nitrogens with zero attached hydrogens (tertiary/aromatic N) is 1. The van der Waals surface area contributed by atoms with Crippen molar-refractivity contribution in [2.45, 2.75) is 32.1 Å². The molecule has 0 radical (unpaired) electrons. The number of ether oxygens (including phenoxy) is 1. The molecule has 7 heteroatoms. The third-order valence-electron chi connectivity index (χ3n) is 7.17. The Bertz CT molecular complexity index is 1350. The Hall–Kier alpha value is -4.26. The van der Waals surface area contributed by atoms with Gasteiger partial charge in [0.25, 0.3) is 5.91 Å². The van der Waals surface area contributed by atoms with E-state index >= 15 is 0 Å². The molecular weight excluding hydrogens is 468 g/mol. The van der Waals surface area contributed by atoms with Crippen LogP contribution in [0.15, 0.2) is 78.9 Å². The fourth-order valence-electron chi connectivity index (χ4n) is 5.37. The van der Waals surface area contributed by atoms with Gasteiger partial charge in [-0.05, 0) is 73.6 Å². The zero-order valence-corrected chi connectivity index (χ0v) is 20.6. The third kappa shape index (κ3) is 5.16. The summed E-state index contributed by atoms with van der Waals surface area (Å²) >= 11 is 0. The van der Waals surface area contributed by atoms with Gasteiger partial charge in [0, 0.05) is 5.69 Å². The molecule has 0 aromatic heterocycles. The van der Waals surface area contributed by atoms with Gasteiger partial charge in [0.05, 0.1) is 23.1 Å². The molecule has 1 N–H and O–H groups in total. The van der Waals surface area contributed by atoms with Crippen LogP contribution in [-0.2, 0) is 19.1 Å². The van der Waals surface area contributed by atoms with Crippen LogP contribution >= 0.6 is 0 Å². The fourth-order valence-corrected chi connectivity index (χ4v) is 5.37. The van der Waals surface area contributed by atoms with E-state index in [9.17, 15) is 19.2 Å². The number of aryl methyl sites for hydroxylation is 1. The van der Waals surface area contributed by atoms with E-state index in [0.717, 1.165) is 12.0 Å². The van der Waals surface area contributed by atoms with Crippen molar-refractivity contribution in [3.05, 3.63) is 95.6 Å². The molecule has 1 heterocycles. The van der Waals surface area contributed by atoms with Gasteiger partial charge in [-0.3, -0.25) is 19.3 Å². The molecule has 188 valence electrons. The van der Waals surface area contributed by atoms with Crippen molar-refractivity contribution >= 4 is 35.1 Å². The SMILES string of the molecule is Cc1cccc(NC(=O)COC(=O)c2cccc(N3C(=O)[C@H]4C[C@@H](c5ccccc5)CC[C@H]4C3=O)c2)c1. The topological polar surface area (TPSA) is 92.8 Å². The molecule has 2 fully saturated rings. The van der Waals surface area contributed by atoms with E-state index in [0.29, 0.717) is 24.2 Å². The van der Waals surface area contributed by atoms with Crippen LogP contribution in [0, 0.1) is 18.8 Å². The predicted octanol–water partition coefficient (Wildman–Crippen LogP) is 4.86. The maximum absolute atomic E-state index is 13.4. The molecule has 1 aliphatic carbocycles. The first-order valence-corrected chi connectivity index (χ1v) is 12.5. The Morgan fingerprint density at radius 3 is 2.43 bits per heavy atom. The van der Waals surface area contributed by atoms with Crippen molar-refractivity contribution in [1.29, 1.82) is 0 Å². The molecule has 3 aromatic carbocycles. The van der Waals surface area contributed by atoms with Crippen molar-refractivity contribution in [2.75, 3.05) is 16.8 Å². The summed E-state index contributed by atoms with van der Waals surface area (Å²) in [6.45, 7) is 1.46. The van der Waals surface area contributed by atoms with Crippen LogP contribution in [0.3, 0.4) is 0 Å². The number of carbonyl (C=O) groups excluding carboxylic acids is 4. The lowest BCUT2D eigenvalue weighted by Gasteiger charge is -2.28. The molecule has 1 saturated heterocycles. The van der Waals surface area contributed by atoms with Crippen molar-refractivity contribution in [3.63, 3.8) is 0 Å². The predicted molar refractivity (Wildman–Crippen MR) is 139 cm³/mol. The minimum atomic E-state index is -0.707. The number of nitrogens with one attached hydrogen (secondary N) is 1. The van der Waals surface area contributed by atoms with E-state index in [1.165, 1.54) is 22.6 Å². The summed E-state index contributed by atoms with van der Waals surface area (Å²) in [5.41, 5.74) is 3.31. The number of imide groups is 1. The van der Waals surface area contributed by atoms with Crippen LogP contribution in [-0.4, -0.2) is 30.3 Å². The second-order valence-electron chi connectivity index (χ2n) is 9.69. The highest BCUT2D eigenvalue weighted by molar-refractivity contribution is 6.22. The van der Waals surface area contributed by atoms with E-state index < -0.39 is 18.5 Å². The molecule has 7 nitrogen and oxygen atoms in total. The number of fused-ring (bicyclic) bond motifs is 1. The van der Waals surface area contributed by atoms with Crippen molar-refractivity contribution in [2.24, 2.45) is 11.8 Å². The van der Waals surface area contributed by atoms with E-state index in [1.54, 1.807) is 18.2 Å². The van der Waals surface area contributed by atoms with E-state index in [4.69, 9.17) is 4.74 Å². The number of hydrogen-bond acceptors (Lipinski definition) is 5. The highest BCUT2D eigenvalue weighted by atomic mass is 16.5. The molecule has 3 atom stereocenters. The monoisotopic (exact) mass is 496 g/mol. The number of carbonyl (C=O) groups is 4. The number of benzene rings is 3. The van der Waals surface area contributed by atoms with Crippen molar-refractivity contribution in [3.8, 4) is 0 Å². The zero-order valence-electron chi connectivity index (χ0n) is 20.6. The van der Waals surface area contributed by atoms with Crippen LogP contribution in [0.2, 0.25) is 0 Å². The van der Waals surface area contributed by atoms with Gasteiger partial charge in [0.2, 0.25) is 11.8 Å². The van der Waals surface area contributed by atoms with E-state index in [2.05, 4.69) is 17.4 Å². The fraction of sp³-hybridized carbons (Fsp3) is 0.267. The van der Waals surface area contributed by atoms with Crippen LogP contribution in [0.1, 0.15) is 46.7 Å². The Kier molecular flexibility index (Phi) is 6.86. The van der Waals surface area contributed by atoms with Gasteiger partial charge in [-0.25, -0.2) is 4.79 Å². The minimum absolute atomic E-state index is 0.165. The van der Waals surface area contributed by atoms with E-state index in [-0.39, 0.29) is 35.1 Å². The average molecular weight is 497 g/mol. The number of esters is 1. The highest BCUT2D eigenvalue weighted by Crippen LogP contribution is 2.45.